The third kappa shape index (κ3) is 6.71. The first-order valence-electron chi connectivity index (χ1n) is 11.2. The third-order valence-electron chi connectivity index (χ3n) is 5.09. The molecule has 0 fully saturated rings. The highest BCUT2D eigenvalue weighted by atomic mass is 32.2. The van der Waals surface area contributed by atoms with Gasteiger partial charge in [0.05, 0.1) is 18.9 Å². The maximum Gasteiger partial charge on any atom is 0.286 e. The van der Waals surface area contributed by atoms with Gasteiger partial charge >= 0.3 is 0 Å². The zero-order valence-electron chi connectivity index (χ0n) is 19.3. The molecule has 8 nitrogen and oxygen atoms in total. The second kappa shape index (κ2) is 11.2. The van der Waals surface area contributed by atoms with Gasteiger partial charge in [0.25, 0.3) is 10.0 Å². The lowest BCUT2D eigenvalue weighted by molar-refractivity contribution is -0.121. The van der Waals surface area contributed by atoms with Crippen molar-refractivity contribution >= 4 is 27.5 Å². The van der Waals surface area contributed by atoms with Crippen molar-refractivity contribution in [1.29, 1.82) is 0 Å². The average molecular weight is 474 g/mol. The van der Waals surface area contributed by atoms with Gasteiger partial charge in [0, 0.05) is 19.4 Å². The number of sulfonamides is 1. The molecule has 1 unspecified atom stereocenters. The number of benzene rings is 2. The molecule has 2 aromatic carbocycles. The minimum atomic E-state index is -3.72. The van der Waals surface area contributed by atoms with E-state index in [1.54, 1.807) is 18.2 Å². The normalized spacial score (nSPS) is 14.9. The Morgan fingerprint density at radius 2 is 1.82 bits per heavy atom. The molecule has 33 heavy (non-hydrogen) atoms. The Kier molecular flexibility index (Phi) is 8.32. The van der Waals surface area contributed by atoms with Gasteiger partial charge in [0.2, 0.25) is 5.91 Å². The molecule has 0 bridgehead atoms. The van der Waals surface area contributed by atoms with E-state index in [2.05, 4.69) is 15.0 Å². The lowest BCUT2D eigenvalue weighted by Gasteiger charge is -2.20. The molecule has 1 aliphatic rings. The molecule has 0 aliphatic carbocycles. The van der Waals surface area contributed by atoms with Gasteiger partial charge in [-0.1, -0.05) is 25.1 Å². The van der Waals surface area contributed by atoms with Crippen LogP contribution < -0.4 is 20.1 Å². The molecule has 0 spiro atoms. The summed E-state index contributed by atoms with van der Waals surface area (Å²) in [6.45, 7) is 7.35. The van der Waals surface area contributed by atoms with Crippen molar-refractivity contribution < 1.29 is 22.7 Å². The molecule has 1 aliphatic heterocycles. The van der Waals surface area contributed by atoms with Crippen LogP contribution in [-0.2, 0) is 21.2 Å². The van der Waals surface area contributed by atoms with Gasteiger partial charge in [0.15, 0.2) is 11.5 Å². The first kappa shape index (κ1) is 24.6. The van der Waals surface area contributed by atoms with Gasteiger partial charge in [-0.3, -0.25) is 4.79 Å². The summed E-state index contributed by atoms with van der Waals surface area (Å²) < 4.78 is 39.8. The highest BCUT2D eigenvalue weighted by Gasteiger charge is 2.25. The molecule has 0 aromatic heterocycles. The van der Waals surface area contributed by atoms with Crippen molar-refractivity contribution in [2.24, 2.45) is 10.3 Å². The molecular formula is C24H31N3O5S. The second-order valence-electron chi connectivity index (χ2n) is 7.89. The number of hydrogen-bond donors (Lipinski definition) is 2. The van der Waals surface area contributed by atoms with Gasteiger partial charge in [-0.05, 0) is 56.0 Å². The highest BCUT2D eigenvalue weighted by Crippen LogP contribution is 2.29. The van der Waals surface area contributed by atoms with E-state index in [4.69, 9.17) is 9.47 Å². The molecule has 0 radical (unpaired) electrons. The van der Waals surface area contributed by atoms with Crippen LogP contribution in [-0.4, -0.2) is 39.9 Å². The smallest absolute Gasteiger partial charge is 0.286 e. The van der Waals surface area contributed by atoms with Crippen LogP contribution in [0.2, 0.25) is 0 Å². The van der Waals surface area contributed by atoms with Crippen LogP contribution in [0.25, 0.3) is 0 Å². The van der Waals surface area contributed by atoms with E-state index < -0.39 is 10.0 Å². The number of amides is 1. The van der Waals surface area contributed by atoms with Crippen molar-refractivity contribution in [2.75, 3.05) is 25.1 Å². The lowest BCUT2D eigenvalue weighted by Crippen LogP contribution is -2.29. The summed E-state index contributed by atoms with van der Waals surface area (Å²) in [4.78, 5) is 12.6. The first-order valence-corrected chi connectivity index (χ1v) is 12.6. The maximum absolute atomic E-state index is 12.4. The number of fused-ring (bicyclic) bond motifs is 1. The number of ether oxygens (including phenoxy) is 2. The Morgan fingerprint density at radius 3 is 2.58 bits per heavy atom. The minimum absolute atomic E-state index is 0.0771. The summed E-state index contributed by atoms with van der Waals surface area (Å²) in [5.74, 6) is 1.61. The summed E-state index contributed by atoms with van der Waals surface area (Å²) in [6.07, 6.45) is 1.29. The van der Waals surface area contributed by atoms with Gasteiger partial charge in [0.1, 0.15) is 10.7 Å². The Hall–Kier alpha value is -3.07. The number of anilines is 1. The Balaban J connectivity index is 1.49. The monoisotopic (exact) mass is 473 g/mol. The van der Waals surface area contributed by atoms with E-state index in [0.717, 1.165) is 5.56 Å². The van der Waals surface area contributed by atoms with Gasteiger partial charge in [-0.25, -0.2) is 0 Å². The predicted octanol–water partition coefficient (Wildman–Crippen LogP) is 3.77. The molecular weight excluding hydrogens is 442 g/mol. The average Bonchev–Trinajstić information content (AvgIpc) is 2.75. The minimum Gasteiger partial charge on any atom is -0.490 e. The Bertz CT molecular complexity index is 1110. The number of nitrogens with one attached hydrogen (secondary N) is 2. The SMILES string of the molecule is CCOc1ccc(CCNC(=O)CC(C)CC2=NS(=O)(=O)c3ccccc3N2)cc1OCC. The lowest BCUT2D eigenvalue weighted by atomic mass is 10.0. The Morgan fingerprint density at radius 1 is 1.09 bits per heavy atom. The second-order valence-corrected chi connectivity index (χ2v) is 9.47. The summed E-state index contributed by atoms with van der Waals surface area (Å²) in [5, 5.41) is 6.00. The maximum atomic E-state index is 12.4. The molecule has 0 saturated carbocycles. The van der Waals surface area contributed by atoms with Crippen LogP contribution in [0.1, 0.15) is 39.2 Å². The largest absolute Gasteiger partial charge is 0.490 e. The molecule has 3 rings (SSSR count). The fourth-order valence-electron chi connectivity index (χ4n) is 3.64. The molecule has 1 heterocycles. The fraction of sp³-hybridized carbons (Fsp3) is 0.417. The molecule has 0 saturated heterocycles. The van der Waals surface area contributed by atoms with Crippen molar-refractivity contribution in [1.82, 2.24) is 5.32 Å². The standard InChI is InChI=1S/C24H31N3O5S/c1-4-31-20-11-10-18(16-21(20)32-5-2)12-13-25-24(28)15-17(3)14-23-26-19-8-6-7-9-22(19)33(29,30)27-23/h6-11,16-17H,4-5,12-15H2,1-3H3,(H,25,28)(H,26,27). The zero-order valence-corrected chi connectivity index (χ0v) is 20.1. The van der Waals surface area contributed by atoms with Crippen LogP contribution in [0.15, 0.2) is 51.8 Å². The number of nitrogens with zero attached hydrogens (tertiary/aromatic N) is 1. The van der Waals surface area contributed by atoms with Gasteiger partial charge in [-0.15, -0.1) is 4.40 Å². The van der Waals surface area contributed by atoms with Crippen molar-refractivity contribution in [3.05, 3.63) is 48.0 Å². The van der Waals surface area contributed by atoms with Crippen LogP contribution >= 0.6 is 0 Å². The Labute approximate surface area is 195 Å². The number of para-hydroxylation sites is 1. The summed E-state index contributed by atoms with van der Waals surface area (Å²) in [6, 6.07) is 12.5. The van der Waals surface area contributed by atoms with Crippen LogP contribution in [0.4, 0.5) is 5.69 Å². The fourth-order valence-corrected chi connectivity index (χ4v) is 4.80. The number of hydrogen-bond acceptors (Lipinski definition) is 6. The molecule has 178 valence electrons. The van der Waals surface area contributed by atoms with E-state index in [-0.39, 0.29) is 23.1 Å². The van der Waals surface area contributed by atoms with Crippen molar-refractivity contribution in [2.45, 2.75) is 44.9 Å². The topological polar surface area (TPSA) is 106 Å². The van der Waals surface area contributed by atoms with Gasteiger partial charge in [-0.2, -0.15) is 8.42 Å². The van der Waals surface area contributed by atoms with Crippen LogP contribution in [0, 0.1) is 5.92 Å². The van der Waals surface area contributed by atoms with E-state index in [1.165, 1.54) is 6.07 Å². The zero-order chi connectivity index (χ0) is 23.8. The summed E-state index contributed by atoms with van der Waals surface area (Å²) >= 11 is 0. The molecule has 1 amide bonds. The van der Waals surface area contributed by atoms with Gasteiger partial charge < -0.3 is 20.1 Å². The van der Waals surface area contributed by atoms with Crippen LogP contribution in [0.5, 0.6) is 11.5 Å². The number of amidine groups is 1. The summed E-state index contributed by atoms with van der Waals surface area (Å²) in [5.41, 5.74) is 1.56. The van der Waals surface area contributed by atoms with Crippen LogP contribution in [0.3, 0.4) is 0 Å². The summed E-state index contributed by atoms with van der Waals surface area (Å²) in [7, 11) is -3.72. The number of carbonyl (C=O) groups is 1. The van der Waals surface area contributed by atoms with E-state index in [1.807, 2.05) is 39.0 Å². The molecule has 2 N–H and O–H groups in total. The van der Waals surface area contributed by atoms with Crippen molar-refractivity contribution in [3.63, 3.8) is 0 Å². The quantitative estimate of drug-likeness (QED) is 0.515. The predicted molar refractivity (Wildman–Crippen MR) is 129 cm³/mol. The highest BCUT2D eigenvalue weighted by molar-refractivity contribution is 7.90. The molecule has 2 aromatic rings. The molecule has 1 atom stereocenters. The van der Waals surface area contributed by atoms with E-state index in [9.17, 15) is 13.2 Å². The molecule has 9 heteroatoms. The van der Waals surface area contributed by atoms with E-state index >= 15 is 0 Å². The first-order chi connectivity index (χ1) is 15.8. The van der Waals surface area contributed by atoms with E-state index in [0.29, 0.717) is 55.6 Å². The number of rotatable bonds is 11. The third-order valence-corrected chi connectivity index (χ3v) is 6.47. The number of carbonyl (C=O) groups excluding carboxylic acids is 1. The van der Waals surface area contributed by atoms with Crippen molar-refractivity contribution in [3.8, 4) is 11.5 Å².